The van der Waals surface area contributed by atoms with E-state index in [2.05, 4.69) is 12.6 Å². The highest BCUT2D eigenvalue weighted by atomic mass is 32.1. The molecule has 1 amide bonds. The molecule has 0 aliphatic carbocycles. The number of amides is 1. The fourth-order valence-electron chi connectivity index (χ4n) is 0.237. The van der Waals surface area contributed by atoms with Crippen molar-refractivity contribution in [2.24, 2.45) is 5.73 Å². The molecule has 0 heterocycles. The standard InChI is InChI=1S/C4H9NO2S/c5-4(6)3-7-1-2-8/h8H,1-3H2,(H2,5,6). The molecule has 4 heteroatoms. The lowest BCUT2D eigenvalue weighted by Gasteiger charge is -1.94. The van der Waals surface area contributed by atoms with Gasteiger partial charge in [-0.2, -0.15) is 12.6 Å². The summed E-state index contributed by atoms with van der Waals surface area (Å²) in [5, 5.41) is 0. The first-order chi connectivity index (χ1) is 3.77. The first-order valence-corrected chi connectivity index (χ1v) is 2.87. The number of ether oxygens (including phenoxy) is 1. The molecule has 0 saturated heterocycles. The van der Waals surface area contributed by atoms with Gasteiger partial charge in [-0.25, -0.2) is 0 Å². The second kappa shape index (κ2) is 4.93. The summed E-state index contributed by atoms with van der Waals surface area (Å²) in [4.78, 5) is 9.95. The molecule has 0 unspecified atom stereocenters. The van der Waals surface area contributed by atoms with Gasteiger partial charge in [0.05, 0.1) is 6.61 Å². The summed E-state index contributed by atoms with van der Waals surface area (Å²) < 4.78 is 4.69. The Hall–Kier alpha value is -0.220. The molecule has 0 aromatic carbocycles. The maximum atomic E-state index is 9.95. The van der Waals surface area contributed by atoms with Crippen LogP contribution in [0.4, 0.5) is 0 Å². The van der Waals surface area contributed by atoms with Gasteiger partial charge in [0.1, 0.15) is 6.61 Å². The van der Waals surface area contributed by atoms with E-state index in [-0.39, 0.29) is 6.61 Å². The Balaban J connectivity index is 2.82. The van der Waals surface area contributed by atoms with Gasteiger partial charge in [-0.15, -0.1) is 0 Å². The number of hydrogen-bond donors (Lipinski definition) is 2. The largest absolute Gasteiger partial charge is 0.371 e. The fraction of sp³-hybridized carbons (Fsp3) is 0.750. The van der Waals surface area contributed by atoms with Crippen LogP contribution in [-0.2, 0) is 9.53 Å². The van der Waals surface area contributed by atoms with Crippen molar-refractivity contribution in [3.05, 3.63) is 0 Å². The third-order valence-electron chi connectivity index (χ3n) is 0.480. The van der Waals surface area contributed by atoms with E-state index in [1.165, 1.54) is 0 Å². The maximum Gasteiger partial charge on any atom is 0.243 e. The van der Waals surface area contributed by atoms with Crippen LogP contribution in [0.25, 0.3) is 0 Å². The third kappa shape index (κ3) is 5.78. The molecule has 0 radical (unpaired) electrons. The maximum absolute atomic E-state index is 9.95. The minimum absolute atomic E-state index is 0.000556. The number of primary amides is 1. The average molecular weight is 135 g/mol. The van der Waals surface area contributed by atoms with E-state index in [1.54, 1.807) is 0 Å². The van der Waals surface area contributed by atoms with E-state index >= 15 is 0 Å². The van der Waals surface area contributed by atoms with Crippen LogP contribution in [0, 0.1) is 0 Å². The van der Waals surface area contributed by atoms with E-state index in [0.717, 1.165) is 0 Å². The molecule has 2 N–H and O–H groups in total. The lowest BCUT2D eigenvalue weighted by molar-refractivity contribution is -0.122. The van der Waals surface area contributed by atoms with Crippen molar-refractivity contribution in [3.63, 3.8) is 0 Å². The van der Waals surface area contributed by atoms with Crippen LogP contribution in [0.5, 0.6) is 0 Å². The van der Waals surface area contributed by atoms with Gasteiger partial charge in [0.25, 0.3) is 0 Å². The smallest absolute Gasteiger partial charge is 0.243 e. The van der Waals surface area contributed by atoms with E-state index in [0.29, 0.717) is 12.4 Å². The lowest BCUT2D eigenvalue weighted by atomic mass is 10.7. The topological polar surface area (TPSA) is 52.3 Å². The second-order valence-corrected chi connectivity index (χ2v) is 1.69. The summed E-state index contributed by atoms with van der Waals surface area (Å²) >= 11 is 3.85. The van der Waals surface area contributed by atoms with Crippen LogP contribution in [0.3, 0.4) is 0 Å². The molecular weight excluding hydrogens is 126 g/mol. The van der Waals surface area contributed by atoms with Crippen LogP contribution in [0.15, 0.2) is 0 Å². The molecule has 0 atom stereocenters. The Bertz CT molecular complexity index is 76.4. The van der Waals surface area contributed by atoms with Crippen molar-refractivity contribution in [2.45, 2.75) is 0 Å². The summed E-state index contributed by atoms with van der Waals surface area (Å²) in [6, 6.07) is 0. The van der Waals surface area contributed by atoms with Gasteiger partial charge in [-0.05, 0) is 0 Å². The van der Waals surface area contributed by atoms with Gasteiger partial charge in [-0.1, -0.05) is 0 Å². The minimum Gasteiger partial charge on any atom is -0.371 e. The molecule has 3 nitrogen and oxygen atoms in total. The van der Waals surface area contributed by atoms with E-state index in [1.807, 2.05) is 0 Å². The highest BCUT2D eigenvalue weighted by molar-refractivity contribution is 7.80. The Morgan fingerprint density at radius 2 is 2.38 bits per heavy atom. The number of rotatable bonds is 4. The number of thiol groups is 1. The van der Waals surface area contributed by atoms with Crippen LogP contribution < -0.4 is 5.73 Å². The predicted octanol–water partition coefficient (Wildman–Crippen LogP) is -0.582. The number of hydrogen-bond acceptors (Lipinski definition) is 3. The van der Waals surface area contributed by atoms with Gasteiger partial charge in [0.15, 0.2) is 0 Å². The summed E-state index contributed by atoms with van der Waals surface area (Å²) in [5.41, 5.74) is 4.74. The van der Waals surface area contributed by atoms with Crippen molar-refractivity contribution < 1.29 is 9.53 Å². The van der Waals surface area contributed by atoms with Gasteiger partial charge in [0, 0.05) is 5.75 Å². The van der Waals surface area contributed by atoms with Crippen LogP contribution in [-0.4, -0.2) is 24.9 Å². The molecule has 0 fully saturated rings. The monoisotopic (exact) mass is 135 g/mol. The SMILES string of the molecule is NC(=O)COCCS. The second-order valence-electron chi connectivity index (χ2n) is 1.24. The average Bonchev–Trinajstić information content (AvgIpc) is 1.66. The number of carbonyl (C=O) groups is 1. The Labute approximate surface area is 53.6 Å². The van der Waals surface area contributed by atoms with Gasteiger partial charge in [-0.3, -0.25) is 4.79 Å². The van der Waals surface area contributed by atoms with Gasteiger partial charge in [0.2, 0.25) is 5.91 Å². The highest BCUT2D eigenvalue weighted by Crippen LogP contribution is 1.75. The third-order valence-corrected chi connectivity index (χ3v) is 0.663. The van der Waals surface area contributed by atoms with Crippen molar-refractivity contribution in [1.29, 1.82) is 0 Å². The summed E-state index contributed by atoms with van der Waals surface area (Å²) in [7, 11) is 0. The lowest BCUT2D eigenvalue weighted by Crippen LogP contribution is -2.18. The molecule has 8 heavy (non-hydrogen) atoms. The van der Waals surface area contributed by atoms with Crippen molar-refractivity contribution >= 4 is 18.5 Å². The fourth-order valence-corrected chi connectivity index (χ4v) is 0.366. The molecule has 0 aromatic rings. The van der Waals surface area contributed by atoms with Gasteiger partial charge < -0.3 is 10.5 Å². The van der Waals surface area contributed by atoms with E-state index in [9.17, 15) is 4.79 Å². The molecule has 0 aliphatic rings. The summed E-state index contributed by atoms with van der Waals surface area (Å²) in [6.45, 7) is 0.479. The van der Waals surface area contributed by atoms with Crippen LogP contribution in [0.1, 0.15) is 0 Å². The Morgan fingerprint density at radius 3 is 2.75 bits per heavy atom. The van der Waals surface area contributed by atoms with Crippen LogP contribution in [0.2, 0.25) is 0 Å². The Morgan fingerprint density at radius 1 is 1.75 bits per heavy atom. The molecule has 0 saturated carbocycles. The zero-order chi connectivity index (χ0) is 6.41. The molecule has 48 valence electrons. The predicted molar refractivity (Wildman–Crippen MR) is 33.9 cm³/mol. The molecule has 0 aromatic heterocycles. The molecule has 0 rings (SSSR count). The molecular formula is C4H9NO2S. The minimum atomic E-state index is -0.438. The summed E-state index contributed by atoms with van der Waals surface area (Å²) in [5.74, 6) is 0.180. The zero-order valence-corrected chi connectivity index (χ0v) is 5.36. The quantitative estimate of drug-likeness (QED) is 0.400. The normalized spacial score (nSPS) is 9.12. The molecule has 0 bridgehead atoms. The zero-order valence-electron chi connectivity index (χ0n) is 4.46. The highest BCUT2D eigenvalue weighted by Gasteiger charge is 1.89. The van der Waals surface area contributed by atoms with Crippen molar-refractivity contribution in [2.75, 3.05) is 19.0 Å². The van der Waals surface area contributed by atoms with Gasteiger partial charge >= 0.3 is 0 Å². The van der Waals surface area contributed by atoms with E-state index < -0.39 is 5.91 Å². The van der Waals surface area contributed by atoms with Crippen molar-refractivity contribution in [1.82, 2.24) is 0 Å². The van der Waals surface area contributed by atoms with E-state index in [4.69, 9.17) is 10.5 Å². The molecule has 0 spiro atoms. The van der Waals surface area contributed by atoms with Crippen molar-refractivity contribution in [3.8, 4) is 0 Å². The summed E-state index contributed by atoms with van der Waals surface area (Å²) in [6.07, 6.45) is 0. The number of nitrogens with two attached hydrogens (primary N) is 1. The molecule has 0 aliphatic heterocycles. The first-order valence-electron chi connectivity index (χ1n) is 2.24. The first kappa shape index (κ1) is 7.78. The Kier molecular flexibility index (Phi) is 4.79. The van der Waals surface area contributed by atoms with Crippen LogP contribution >= 0.6 is 12.6 Å². The number of carbonyl (C=O) groups excluding carboxylic acids is 1.